The highest BCUT2D eigenvalue weighted by atomic mass is 35.5. The third kappa shape index (κ3) is 3.52. The van der Waals surface area contributed by atoms with Gasteiger partial charge in [-0.1, -0.05) is 0 Å². The van der Waals surface area contributed by atoms with Crippen LogP contribution in [0.25, 0.3) is 0 Å². The van der Waals surface area contributed by atoms with E-state index in [4.69, 9.17) is 5.73 Å². The molecule has 2 aromatic heterocycles. The van der Waals surface area contributed by atoms with Crippen LogP contribution >= 0.6 is 0 Å². The van der Waals surface area contributed by atoms with Crippen LogP contribution in [0, 0.1) is 0 Å². The molecule has 0 aliphatic carbocycles. The molecule has 0 bridgehead atoms. The minimum atomic E-state index is -0.588. The van der Waals surface area contributed by atoms with E-state index in [0.29, 0.717) is 11.4 Å². The van der Waals surface area contributed by atoms with Gasteiger partial charge in [0.2, 0.25) is 0 Å². The maximum absolute atomic E-state index is 11.2. The molecule has 0 aromatic carbocycles. The quantitative estimate of drug-likeness (QED) is 0.493. The molecule has 0 aliphatic heterocycles. The number of aromatic nitrogens is 3. The summed E-state index contributed by atoms with van der Waals surface area (Å²) in [7, 11) is 0. The van der Waals surface area contributed by atoms with Crippen molar-refractivity contribution >= 4 is 5.91 Å². The molecule has 0 saturated heterocycles. The van der Waals surface area contributed by atoms with Crippen LogP contribution in [0.2, 0.25) is 0 Å². The van der Waals surface area contributed by atoms with Crippen LogP contribution in [0.5, 0.6) is 0 Å². The first-order valence-electron chi connectivity index (χ1n) is 5.17. The molecule has 8 heteroatoms. The number of carbonyl (C=O) groups excluding carboxylic acids is 1. The molecule has 0 spiro atoms. The van der Waals surface area contributed by atoms with Gasteiger partial charge in [0.25, 0.3) is 11.3 Å². The van der Waals surface area contributed by atoms with Crippen molar-refractivity contribution < 1.29 is 21.8 Å². The van der Waals surface area contributed by atoms with Crippen LogP contribution in [0.4, 0.5) is 0 Å². The number of halogens is 1. The van der Waals surface area contributed by atoms with E-state index in [1.807, 2.05) is 0 Å². The smallest absolute Gasteiger partial charge is 0.326 e. The molecule has 2 aromatic rings. The Bertz CT molecular complexity index is 679. The minimum Gasteiger partial charge on any atom is -1.00 e. The number of rotatable bonds is 3. The van der Waals surface area contributed by atoms with Crippen LogP contribution in [0.3, 0.4) is 0 Å². The number of aromatic amines is 2. The molecule has 0 aliphatic rings. The Hall–Kier alpha value is -2.41. The summed E-state index contributed by atoms with van der Waals surface area (Å²) in [5, 5.41) is 0. The number of nitrogens with one attached hydrogen (secondary N) is 2. The van der Waals surface area contributed by atoms with Crippen LogP contribution in [0.15, 0.2) is 40.1 Å². The van der Waals surface area contributed by atoms with E-state index in [1.165, 1.54) is 6.07 Å². The first-order valence-corrected chi connectivity index (χ1v) is 5.17. The minimum absolute atomic E-state index is 0. The molecule has 0 saturated carbocycles. The van der Waals surface area contributed by atoms with Crippen LogP contribution in [-0.4, -0.2) is 15.9 Å². The first kappa shape index (κ1) is 14.7. The van der Waals surface area contributed by atoms with Crippen molar-refractivity contribution in [1.29, 1.82) is 0 Å². The summed E-state index contributed by atoms with van der Waals surface area (Å²) in [5.74, 6) is -0.581. The normalized spacial score (nSPS) is 9.68. The Morgan fingerprint density at radius 1 is 1.26 bits per heavy atom. The van der Waals surface area contributed by atoms with Crippen molar-refractivity contribution in [3.05, 3.63) is 62.7 Å². The fraction of sp³-hybridized carbons (Fsp3) is 0.0909. The van der Waals surface area contributed by atoms with E-state index in [-0.39, 0.29) is 19.0 Å². The third-order valence-corrected chi connectivity index (χ3v) is 2.35. The number of nitrogens with zero attached hydrogens (tertiary/aromatic N) is 1. The lowest BCUT2D eigenvalue weighted by atomic mass is 10.3. The first-order chi connectivity index (χ1) is 8.56. The van der Waals surface area contributed by atoms with Gasteiger partial charge in [-0.05, 0) is 6.07 Å². The number of primary amides is 1. The average Bonchev–Trinajstić information content (AvgIpc) is 2.27. The summed E-state index contributed by atoms with van der Waals surface area (Å²) >= 11 is 0. The number of hydrogen-bond donors (Lipinski definition) is 3. The fourth-order valence-corrected chi connectivity index (χ4v) is 1.63. The molecule has 0 atom stereocenters. The van der Waals surface area contributed by atoms with Gasteiger partial charge in [-0.25, -0.2) is 4.79 Å². The molecular formula is C11H11ClN4O3. The lowest BCUT2D eigenvalue weighted by molar-refractivity contribution is -0.690. The van der Waals surface area contributed by atoms with Gasteiger partial charge < -0.3 is 23.1 Å². The third-order valence-electron chi connectivity index (χ3n) is 2.35. The maximum atomic E-state index is 11.2. The topological polar surface area (TPSA) is 113 Å². The number of amides is 1. The lowest BCUT2D eigenvalue weighted by Crippen LogP contribution is -3.00. The predicted molar refractivity (Wildman–Crippen MR) is 61.9 cm³/mol. The molecule has 4 N–H and O–H groups in total. The molecule has 2 heterocycles. The Labute approximate surface area is 113 Å². The molecule has 7 nitrogen and oxygen atoms in total. The van der Waals surface area contributed by atoms with Crippen molar-refractivity contribution in [1.82, 2.24) is 9.97 Å². The SMILES string of the molecule is NC(=O)c1cccc[n+]1Cc1cc(=O)[nH]c(=O)[nH]1.[Cl-]. The number of H-pyrrole nitrogens is 2. The van der Waals surface area contributed by atoms with E-state index < -0.39 is 17.2 Å². The van der Waals surface area contributed by atoms with Gasteiger partial charge in [0.15, 0.2) is 12.7 Å². The Balaban J connectivity index is 0.00000180. The number of nitrogens with two attached hydrogens (primary N) is 1. The molecule has 100 valence electrons. The van der Waals surface area contributed by atoms with Gasteiger partial charge in [0.1, 0.15) is 0 Å². The Morgan fingerprint density at radius 3 is 2.63 bits per heavy atom. The van der Waals surface area contributed by atoms with Crippen molar-refractivity contribution in [2.45, 2.75) is 6.54 Å². The summed E-state index contributed by atoms with van der Waals surface area (Å²) in [6.07, 6.45) is 1.64. The predicted octanol–water partition coefficient (Wildman–Crippen LogP) is -4.50. The fourth-order valence-electron chi connectivity index (χ4n) is 1.63. The number of pyridine rings is 1. The second-order valence-corrected chi connectivity index (χ2v) is 3.69. The van der Waals surface area contributed by atoms with E-state index in [2.05, 4.69) is 9.97 Å². The van der Waals surface area contributed by atoms with E-state index in [0.717, 1.165) is 0 Å². The van der Waals surface area contributed by atoms with Gasteiger partial charge in [0, 0.05) is 18.2 Å². The van der Waals surface area contributed by atoms with Crippen molar-refractivity contribution in [2.24, 2.45) is 5.73 Å². The van der Waals surface area contributed by atoms with Gasteiger partial charge in [0.05, 0.1) is 5.69 Å². The highest BCUT2D eigenvalue weighted by Crippen LogP contribution is 1.92. The summed E-state index contributed by atoms with van der Waals surface area (Å²) in [6, 6.07) is 6.22. The van der Waals surface area contributed by atoms with Crippen molar-refractivity contribution in [3.8, 4) is 0 Å². The van der Waals surface area contributed by atoms with Gasteiger partial charge in [-0.3, -0.25) is 14.6 Å². The Morgan fingerprint density at radius 2 is 2.00 bits per heavy atom. The van der Waals surface area contributed by atoms with Gasteiger partial charge in [-0.15, -0.1) is 0 Å². The summed E-state index contributed by atoms with van der Waals surface area (Å²) in [4.78, 5) is 38.0. The van der Waals surface area contributed by atoms with Crippen molar-refractivity contribution in [2.75, 3.05) is 0 Å². The molecular weight excluding hydrogens is 272 g/mol. The standard InChI is InChI=1S/C11H10N4O3.ClH/c12-10(17)8-3-1-2-4-15(8)6-7-5-9(16)14-11(18)13-7;/h1-5H,6H2,(H3-,12,13,14,16,17,18);1H. The van der Waals surface area contributed by atoms with Gasteiger partial charge in [-0.2, -0.15) is 4.57 Å². The number of carbonyl (C=O) groups is 1. The lowest BCUT2D eigenvalue weighted by Gasteiger charge is -2.00. The second kappa shape index (κ2) is 5.96. The van der Waals surface area contributed by atoms with E-state index in [9.17, 15) is 14.4 Å². The highest BCUT2D eigenvalue weighted by molar-refractivity contribution is 5.89. The molecule has 2 rings (SSSR count). The van der Waals surface area contributed by atoms with Crippen LogP contribution in [0.1, 0.15) is 16.2 Å². The number of hydrogen-bond acceptors (Lipinski definition) is 3. The summed E-state index contributed by atoms with van der Waals surface area (Å²) in [6.45, 7) is 0.179. The van der Waals surface area contributed by atoms with Crippen LogP contribution in [-0.2, 0) is 6.54 Å². The van der Waals surface area contributed by atoms with Crippen LogP contribution < -0.4 is 34.0 Å². The summed E-state index contributed by atoms with van der Waals surface area (Å²) < 4.78 is 1.55. The molecule has 0 fully saturated rings. The largest absolute Gasteiger partial charge is 1.00 e. The molecule has 0 unspecified atom stereocenters. The Kier molecular flexibility index (Phi) is 4.60. The van der Waals surface area contributed by atoms with E-state index in [1.54, 1.807) is 29.0 Å². The molecule has 19 heavy (non-hydrogen) atoms. The second-order valence-electron chi connectivity index (χ2n) is 3.69. The molecule has 0 radical (unpaired) electrons. The zero-order valence-electron chi connectivity index (χ0n) is 9.72. The monoisotopic (exact) mass is 282 g/mol. The van der Waals surface area contributed by atoms with Crippen molar-refractivity contribution in [3.63, 3.8) is 0 Å². The average molecular weight is 283 g/mol. The summed E-state index contributed by atoms with van der Waals surface area (Å²) in [5.41, 5.74) is 4.83. The zero-order chi connectivity index (χ0) is 13.1. The highest BCUT2D eigenvalue weighted by Gasteiger charge is 2.15. The molecule has 1 amide bonds. The van der Waals surface area contributed by atoms with Gasteiger partial charge >= 0.3 is 11.6 Å². The van der Waals surface area contributed by atoms with E-state index >= 15 is 0 Å². The maximum Gasteiger partial charge on any atom is 0.326 e. The zero-order valence-corrected chi connectivity index (χ0v) is 10.5.